The monoisotopic (exact) mass is 303 g/mol. The summed E-state index contributed by atoms with van der Waals surface area (Å²) < 4.78 is 13.6. The molecule has 0 aliphatic heterocycles. The lowest BCUT2D eigenvalue weighted by Gasteiger charge is -2.13. The van der Waals surface area contributed by atoms with Crippen molar-refractivity contribution in [2.75, 3.05) is 0 Å². The highest BCUT2D eigenvalue weighted by Gasteiger charge is 2.22. The first-order chi connectivity index (χ1) is 10.4. The molecule has 0 radical (unpaired) electrons. The fraction of sp³-hybridized carbons (Fsp3) is 0.188. The van der Waals surface area contributed by atoms with Gasteiger partial charge in [0.05, 0.1) is 10.8 Å². The molecule has 2 aromatic carbocycles. The second-order valence-corrected chi connectivity index (χ2v) is 5.03. The van der Waals surface area contributed by atoms with Crippen molar-refractivity contribution in [1.29, 1.82) is 0 Å². The molecule has 0 aliphatic rings. The lowest BCUT2D eigenvalue weighted by molar-refractivity contribution is -0.384. The SMILES string of the molecule is Cc1ccc(C(Cc2cccc([N+](=O)[O-])c2)C(=O)O)cc1F. The molecule has 0 heterocycles. The van der Waals surface area contributed by atoms with Gasteiger partial charge in [0.25, 0.3) is 5.69 Å². The van der Waals surface area contributed by atoms with Gasteiger partial charge >= 0.3 is 5.97 Å². The minimum absolute atomic E-state index is 0.0551. The third kappa shape index (κ3) is 3.46. The minimum Gasteiger partial charge on any atom is -0.481 e. The third-order valence-electron chi connectivity index (χ3n) is 3.46. The smallest absolute Gasteiger partial charge is 0.311 e. The molecule has 0 aromatic heterocycles. The molecule has 0 saturated heterocycles. The molecule has 22 heavy (non-hydrogen) atoms. The number of benzene rings is 2. The van der Waals surface area contributed by atoms with Gasteiger partial charge in [-0.15, -0.1) is 0 Å². The van der Waals surface area contributed by atoms with Crippen molar-refractivity contribution < 1.29 is 19.2 Å². The summed E-state index contributed by atoms with van der Waals surface area (Å²) in [6.07, 6.45) is 0.0551. The van der Waals surface area contributed by atoms with Crippen LogP contribution in [-0.2, 0) is 11.2 Å². The molecule has 2 rings (SSSR count). The molecule has 0 aliphatic carbocycles. The molecule has 0 saturated carbocycles. The number of hydrogen-bond acceptors (Lipinski definition) is 3. The molecule has 6 heteroatoms. The quantitative estimate of drug-likeness (QED) is 0.677. The highest BCUT2D eigenvalue weighted by molar-refractivity contribution is 5.76. The minimum atomic E-state index is -1.10. The van der Waals surface area contributed by atoms with E-state index in [9.17, 15) is 24.4 Å². The van der Waals surface area contributed by atoms with E-state index in [4.69, 9.17) is 0 Å². The van der Waals surface area contributed by atoms with Crippen LogP contribution in [0.5, 0.6) is 0 Å². The predicted octanol–water partition coefficient (Wildman–Crippen LogP) is 3.45. The van der Waals surface area contributed by atoms with Crippen LogP contribution in [0.4, 0.5) is 10.1 Å². The molecule has 1 unspecified atom stereocenters. The van der Waals surface area contributed by atoms with Crippen LogP contribution < -0.4 is 0 Å². The second-order valence-electron chi connectivity index (χ2n) is 5.03. The van der Waals surface area contributed by atoms with Crippen LogP contribution in [0, 0.1) is 22.9 Å². The van der Waals surface area contributed by atoms with Crippen molar-refractivity contribution in [2.24, 2.45) is 0 Å². The van der Waals surface area contributed by atoms with E-state index in [1.54, 1.807) is 19.1 Å². The van der Waals surface area contributed by atoms with Crippen LogP contribution >= 0.6 is 0 Å². The normalized spacial score (nSPS) is 11.9. The summed E-state index contributed by atoms with van der Waals surface area (Å²) in [6, 6.07) is 10.1. The number of hydrogen-bond donors (Lipinski definition) is 1. The molecule has 0 amide bonds. The zero-order valence-electron chi connectivity index (χ0n) is 11.8. The predicted molar refractivity (Wildman–Crippen MR) is 78.3 cm³/mol. The van der Waals surface area contributed by atoms with Crippen LogP contribution in [0.1, 0.15) is 22.6 Å². The van der Waals surface area contributed by atoms with Crippen LogP contribution in [0.3, 0.4) is 0 Å². The molecular weight excluding hydrogens is 289 g/mol. The summed E-state index contributed by atoms with van der Waals surface area (Å²) >= 11 is 0. The number of aryl methyl sites for hydroxylation is 1. The lowest BCUT2D eigenvalue weighted by atomic mass is 9.91. The van der Waals surface area contributed by atoms with Gasteiger partial charge in [0.1, 0.15) is 5.82 Å². The average molecular weight is 303 g/mol. The Morgan fingerprint density at radius 3 is 2.64 bits per heavy atom. The number of aliphatic carboxylic acids is 1. The highest BCUT2D eigenvalue weighted by Crippen LogP contribution is 2.25. The van der Waals surface area contributed by atoms with E-state index in [-0.39, 0.29) is 12.1 Å². The van der Waals surface area contributed by atoms with Gasteiger partial charge in [-0.25, -0.2) is 4.39 Å². The number of carbonyl (C=O) groups is 1. The number of rotatable bonds is 5. The van der Waals surface area contributed by atoms with Gasteiger partial charge in [0, 0.05) is 12.1 Å². The summed E-state index contributed by atoms with van der Waals surface area (Å²) in [6.45, 7) is 1.59. The molecule has 1 atom stereocenters. The zero-order valence-corrected chi connectivity index (χ0v) is 11.8. The average Bonchev–Trinajstić information content (AvgIpc) is 2.48. The maximum Gasteiger partial charge on any atom is 0.311 e. The molecule has 114 valence electrons. The number of non-ortho nitro benzene ring substituents is 1. The number of nitro groups is 1. The number of nitro benzene ring substituents is 1. The first-order valence-corrected chi connectivity index (χ1v) is 6.60. The van der Waals surface area contributed by atoms with Gasteiger partial charge in [0.15, 0.2) is 0 Å². The Morgan fingerprint density at radius 2 is 2.05 bits per heavy atom. The van der Waals surface area contributed by atoms with Gasteiger partial charge < -0.3 is 5.11 Å². The van der Waals surface area contributed by atoms with Crippen LogP contribution in [0.2, 0.25) is 0 Å². The van der Waals surface area contributed by atoms with E-state index >= 15 is 0 Å². The molecule has 1 N–H and O–H groups in total. The molecule has 0 bridgehead atoms. The number of halogens is 1. The van der Waals surface area contributed by atoms with Crippen LogP contribution in [0.15, 0.2) is 42.5 Å². The summed E-state index contributed by atoms with van der Waals surface area (Å²) in [7, 11) is 0. The largest absolute Gasteiger partial charge is 0.481 e. The first-order valence-electron chi connectivity index (χ1n) is 6.60. The van der Waals surface area contributed by atoms with Crippen molar-refractivity contribution in [2.45, 2.75) is 19.3 Å². The maximum absolute atomic E-state index is 13.6. The second kappa shape index (κ2) is 6.34. The third-order valence-corrected chi connectivity index (χ3v) is 3.46. The Balaban J connectivity index is 2.33. The molecule has 0 spiro atoms. The Bertz CT molecular complexity index is 730. The zero-order chi connectivity index (χ0) is 16.3. The Morgan fingerprint density at radius 1 is 1.32 bits per heavy atom. The standard InChI is InChI=1S/C16H14FNO4/c1-10-5-6-12(9-15(10)17)14(16(19)20)8-11-3-2-4-13(7-11)18(21)22/h2-7,9,14H,8H2,1H3,(H,19,20). The molecule has 5 nitrogen and oxygen atoms in total. The fourth-order valence-corrected chi connectivity index (χ4v) is 2.21. The summed E-state index contributed by atoms with van der Waals surface area (Å²) in [5.41, 5.74) is 1.18. The van der Waals surface area contributed by atoms with E-state index in [2.05, 4.69) is 0 Å². The number of carboxylic acid groups (broad SMARTS) is 1. The van der Waals surface area contributed by atoms with E-state index < -0.39 is 22.6 Å². The highest BCUT2D eigenvalue weighted by atomic mass is 19.1. The van der Waals surface area contributed by atoms with Crippen LogP contribution in [-0.4, -0.2) is 16.0 Å². The Hall–Kier alpha value is -2.76. The fourth-order valence-electron chi connectivity index (χ4n) is 2.21. The lowest BCUT2D eigenvalue weighted by Crippen LogP contribution is -2.15. The van der Waals surface area contributed by atoms with Crippen molar-refractivity contribution in [1.82, 2.24) is 0 Å². The molecule has 0 fully saturated rings. The van der Waals surface area contributed by atoms with Crippen LogP contribution in [0.25, 0.3) is 0 Å². The van der Waals surface area contributed by atoms with Crippen molar-refractivity contribution in [3.05, 3.63) is 75.1 Å². The summed E-state index contributed by atoms with van der Waals surface area (Å²) in [4.78, 5) is 21.7. The maximum atomic E-state index is 13.6. The summed E-state index contributed by atoms with van der Waals surface area (Å²) in [5.74, 6) is -2.53. The molecule has 2 aromatic rings. The Kier molecular flexibility index (Phi) is 4.50. The van der Waals surface area contributed by atoms with Gasteiger partial charge in [-0.3, -0.25) is 14.9 Å². The van der Waals surface area contributed by atoms with Gasteiger partial charge in [-0.1, -0.05) is 24.3 Å². The van der Waals surface area contributed by atoms with Gasteiger partial charge in [-0.2, -0.15) is 0 Å². The van der Waals surface area contributed by atoms with Gasteiger partial charge in [-0.05, 0) is 36.1 Å². The Labute approximate surface area is 126 Å². The number of carboxylic acids is 1. The van der Waals surface area contributed by atoms with E-state index in [1.165, 1.54) is 30.3 Å². The van der Waals surface area contributed by atoms with Gasteiger partial charge in [0.2, 0.25) is 0 Å². The topological polar surface area (TPSA) is 80.4 Å². The van der Waals surface area contributed by atoms with Crippen molar-refractivity contribution in [3.63, 3.8) is 0 Å². The van der Waals surface area contributed by atoms with Crippen molar-refractivity contribution in [3.8, 4) is 0 Å². The van der Waals surface area contributed by atoms with E-state index in [0.29, 0.717) is 16.7 Å². The number of nitrogens with zero attached hydrogens (tertiary/aromatic N) is 1. The first kappa shape index (κ1) is 15.6. The van der Waals surface area contributed by atoms with E-state index in [0.717, 1.165) is 0 Å². The van der Waals surface area contributed by atoms with E-state index in [1.807, 2.05) is 0 Å². The van der Waals surface area contributed by atoms with Crippen molar-refractivity contribution >= 4 is 11.7 Å². The summed E-state index contributed by atoms with van der Waals surface area (Å²) in [5, 5.41) is 20.1. The molecular formula is C16H14FNO4.